The van der Waals surface area contributed by atoms with Crippen molar-refractivity contribution in [2.75, 3.05) is 18.1 Å². The molecule has 0 heterocycles. The second-order valence-corrected chi connectivity index (χ2v) is 6.28. The van der Waals surface area contributed by atoms with Gasteiger partial charge in [0, 0.05) is 12.2 Å². The number of ether oxygens (including phenoxy) is 1. The number of allylic oxidation sites excluding steroid dienone is 2. The minimum Gasteiger partial charge on any atom is -0.455 e. The number of para-hydroxylation sites is 1. The van der Waals surface area contributed by atoms with E-state index in [0.29, 0.717) is 11.6 Å². The fourth-order valence-electron chi connectivity index (χ4n) is 3.54. The van der Waals surface area contributed by atoms with Gasteiger partial charge >= 0.3 is 5.97 Å². The van der Waals surface area contributed by atoms with Crippen LogP contribution in [0.3, 0.4) is 0 Å². The van der Waals surface area contributed by atoms with Crippen LogP contribution in [0.5, 0.6) is 0 Å². The third-order valence-electron chi connectivity index (χ3n) is 4.74. The van der Waals surface area contributed by atoms with Gasteiger partial charge in [0.2, 0.25) is 0 Å². The summed E-state index contributed by atoms with van der Waals surface area (Å²) in [6, 6.07) is 11.2. The summed E-state index contributed by atoms with van der Waals surface area (Å²) < 4.78 is 5.28. The van der Waals surface area contributed by atoms with E-state index in [2.05, 4.69) is 12.2 Å². The normalized spacial score (nSPS) is 23.7. The highest BCUT2D eigenvalue weighted by Crippen LogP contribution is 2.43. The number of carbonyl (C=O) groups is 2. The van der Waals surface area contributed by atoms with Crippen LogP contribution >= 0.6 is 0 Å². The Balaban J connectivity index is 1.58. The standard InChI is InChI=1S/C19H20N2O3/c20-9-4-10-21(16-5-2-1-3-6-16)18(22)13-24-19(23)17-12-14-7-8-15(17)11-14/h1-3,5-8,14-15,17H,4,10-13H2/t14-,15+,17-/m1/s1. The quantitative estimate of drug-likeness (QED) is 0.596. The molecule has 1 aromatic rings. The summed E-state index contributed by atoms with van der Waals surface area (Å²) in [5.41, 5.74) is 0.705. The zero-order valence-electron chi connectivity index (χ0n) is 13.4. The van der Waals surface area contributed by atoms with Crippen molar-refractivity contribution >= 4 is 17.6 Å². The van der Waals surface area contributed by atoms with Crippen LogP contribution in [0, 0.1) is 29.1 Å². The van der Waals surface area contributed by atoms with E-state index in [1.165, 1.54) is 4.90 Å². The Hall–Kier alpha value is -2.61. The van der Waals surface area contributed by atoms with Gasteiger partial charge in [0.15, 0.2) is 6.61 Å². The Morgan fingerprint density at radius 2 is 2.00 bits per heavy atom. The van der Waals surface area contributed by atoms with E-state index in [1.807, 2.05) is 24.3 Å². The molecule has 2 bridgehead atoms. The molecule has 24 heavy (non-hydrogen) atoms. The number of nitriles is 1. The molecule has 0 unspecified atom stereocenters. The Morgan fingerprint density at radius 3 is 2.62 bits per heavy atom. The molecule has 0 aromatic heterocycles. The molecule has 2 aliphatic carbocycles. The molecule has 1 amide bonds. The van der Waals surface area contributed by atoms with Gasteiger partial charge in [-0.25, -0.2) is 0 Å². The van der Waals surface area contributed by atoms with Gasteiger partial charge in [-0.3, -0.25) is 9.59 Å². The number of hydrogen-bond donors (Lipinski definition) is 0. The molecule has 5 nitrogen and oxygen atoms in total. The summed E-state index contributed by atoms with van der Waals surface area (Å²) in [6.07, 6.45) is 6.33. The van der Waals surface area contributed by atoms with E-state index in [1.54, 1.807) is 12.1 Å². The lowest BCUT2D eigenvalue weighted by molar-refractivity contribution is -0.152. The summed E-state index contributed by atoms with van der Waals surface area (Å²) in [4.78, 5) is 26.2. The lowest BCUT2D eigenvalue weighted by Crippen LogP contribution is -2.36. The van der Waals surface area contributed by atoms with E-state index < -0.39 is 0 Å². The molecule has 0 N–H and O–H groups in total. The van der Waals surface area contributed by atoms with Crippen molar-refractivity contribution in [3.8, 4) is 6.07 Å². The van der Waals surface area contributed by atoms with Gasteiger partial charge in [0.05, 0.1) is 18.4 Å². The van der Waals surface area contributed by atoms with Gasteiger partial charge in [0.1, 0.15) is 0 Å². The maximum absolute atomic E-state index is 12.5. The fourth-order valence-corrected chi connectivity index (χ4v) is 3.54. The van der Waals surface area contributed by atoms with Crippen LogP contribution in [0.1, 0.15) is 19.3 Å². The number of esters is 1. The Kier molecular flexibility index (Phi) is 4.95. The summed E-state index contributed by atoms with van der Waals surface area (Å²) in [6.45, 7) is 0.00448. The molecule has 0 spiro atoms. The molecule has 0 radical (unpaired) electrons. The molecule has 3 rings (SSSR count). The van der Waals surface area contributed by atoms with Gasteiger partial charge in [-0.15, -0.1) is 0 Å². The largest absolute Gasteiger partial charge is 0.455 e. The minimum atomic E-state index is -0.302. The zero-order chi connectivity index (χ0) is 16.9. The van der Waals surface area contributed by atoms with E-state index in [9.17, 15) is 9.59 Å². The lowest BCUT2D eigenvalue weighted by atomic mass is 9.94. The van der Waals surface area contributed by atoms with Gasteiger partial charge in [-0.2, -0.15) is 5.26 Å². The van der Waals surface area contributed by atoms with E-state index in [-0.39, 0.29) is 43.3 Å². The summed E-state index contributed by atoms with van der Waals surface area (Å²) in [5.74, 6) is 0.0511. The highest BCUT2D eigenvalue weighted by atomic mass is 16.5. The molecule has 0 saturated heterocycles. The number of anilines is 1. The van der Waals surface area contributed by atoms with Crippen molar-refractivity contribution in [1.82, 2.24) is 0 Å². The van der Waals surface area contributed by atoms with Crippen LogP contribution in [-0.4, -0.2) is 25.0 Å². The van der Waals surface area contributed by atoms with Gasteiger partial charge in [-0.1, -0.05) is 30.4 Å². The van der Waals surface area contributed by atoms with Crippen LogP contribution in [0.4, 0.5) is 5.69 Å². The smallest absolute Gasteiger partial charge is 0.310 e. The van der Waals surface area contributed by atoms with Crippen molar-refractivity contribution in [3.05, 3.63) is 42.5 Å². The van der Waals surface area contributed by atoms with Crippen LogP contribution in [0.25, 0.3) is 0 Å². The number of nitrogens with zero attached hydrogens (tertiary/aromatic N) is 2. The predicted molar refractivity (Wildman–Crippen MR) is 88.8 cm³/mol. The van der Waals surface area contributed by atoms with Gasteiger partial charge in [0.25, 0.3) is 5.91 Å². The third kappa shape index (κ3) is 3.48. The first-order valence-corrected chi connectivity index (χ1v) is 8.26. The topological polar surface area (TPSA) is 70.4 Å². The Labute approximate surface area is 141 Å². The molecule has 5 heteroatoms. The first-order valence-electron chi connectivity index (χ1n) is 8.26. The van der Waals surface area contributed by atoms with Crippen molar-refractivity contribution in [3.63, 3.8) is 0 Å². The second kappa shape index (κ2) is 7.31. The van der Waals surface area contributed by atoms with E-state index >= 15 is 0 Å². The van der Waals surface area contributed by atoms with E-state index in [4.69, 9.17) is 10.00 Å². The Bertz CT molecular complexity index is 678. The second-order valence-electron chi connectivity index (χ2n) is 6.28. The SMILES string of the molecule is N#CCCN(C(=O)COC(=O)[C@@H]1C[C@@H]2C=C[C@H]1C2)c1ccccc1. The number of benzene rings is 1. The first kappa shape index (κ1) is 16.3. The Morgan fingerprint density at radius 1 is 1.21 bits per heavy atom. The molecule has 3 atom stereocenters. The number of rotatable bonds is 6. The number of amides is 1. The summed E-state index contributed by atoms with van der Waals surface area (Å²) in [7, 11) is 0. The summed E-state index contributed by atoms with van der Waals surface area (Å²) >= 11 is 0. The number of carbonyl (C=O) groups excluding carboxylic acids is 2. The van der Waals surface area contributed by atoms with Crippen molar-refractivity contribution in [2.45, 2.75) is 19.3 Å². The van der Waals surface area contributed by atoms with Crippen LogP contribution in [0.2, 0.25) is 0 Å². The van der Waals surface area contributed by atoms with Crippen LogP contribution in [-0.2, 0) is 14.3 Å². The van der Waals surface area contributed by atoms with Crippen LogP contribution in [0.15, 0.2) is 42.5 Å². The molecule has 2 aliphatic rings. The molecular formula is C19H20N2O3. The maximum Gasteiger partial charge on any atom is 0.310 e. The number of fused-ring (bicyclic) bond motifs is 2. The highest BCUT2D eigenvalue weighted by Gasteiger charge is 2.40. The molecule has 1 saturated carbocycles. The number of hydrogen-bond acceptors (Lipinski definition) is 4. The van der Waals surface area contributed by atoms with Crippen molar-refractivity contribution in [2.24, 2.45) is 17.8 Å². The molecular weight excluding hydrogens is 304 g/mol. The average Bonchev–Trinajstić information content (AvgIpc) is 3.24. The predicted octanol–water partition coefficient (Wildman–Crippen LogP) is 2.69. The lowest BCUT2D eigenvalue weighted by Gasteiger charge is -2.22. The minimum absolute atomic E-state index is 0.114. The molecule has 1 aromatic carbocycles. The monoisotopic (exact) mass is 324 g/mol. The van der Waals surface area contributed by atoms with Crippen molar-refractivity contribution in [1.29, 1.82) is 5.26 Å². The maximum atomic E-state index is 12.5. The first-order chi connectivity index (χ1) is 11.7. The third-order valence-corrected chi connectivity index (χ3v) is 4.74. The van der Waals surface area contributed by atoms with Gasteiger partial charge in [-0.05, 0) is 36.8 Å². The highest BCUT2D eigenvalue weighted by molar-refractivity contribution is 5.95. The van der Waals surface area contributed by atoms with E-state index in [0.717, 1.165) is 12.8 Å². The average molecular weight is 324 g/mol. The fraction of sp³-hybridized carbons (Fsp3) is 0.421. The van der Waals surface area contributed by atoms with Crippen LogP contribution < -0.4 is 4.90 Å². The molecule has 1 fully saturated rings. The molecule has 124 valence electrons. The van der Waals surface area contributed by atoms with Gasteiger partial charge < -0.3 is 9.64 Å². The van der Waals surface area contributed by atoms with Crippen molar-refractivity contribution < 1.29 is 14.3 Å². The molecule has 0 aliphatic heterocycles. The zero-order valence-corrected chi connectivity index (χ0v) is 13.4. The summed E-state index contributed by atoms with van der Waals surface area (Å²) in [5, 5.41) is 8.79.